The van der Waals surface area contributed by atoms with E-state index in [9.17, 15) is 19.7 Å². The molecule has 0 unspecified atom stereocenters. The van der Waals surface area contributed by atoms with Gasteiger partial charge in [-0.05, 0) is 29.8 Å². The van der Waals surface area contributed by atoms with Crippen molar-refractivity contribution in [3.05, 3.63) is 76.4 Å². The maximum Gasteiger partial charge on any atom is 0.316 e. The first kappa shape index (κ1) is 18.5. The van der Waals surface area contributed by atoms with Gasteiger partial charge in [0.15, 0.2) is 0 Å². The fraction of sp³-hybridized carbons (Fsp3) is 0.0588. The first-order chi connectivity index (χ1) is 13.4. The summed E-state index contributed by atoms with van der Waals surface area (Å²) in [5.41, 5.74) is 6.42. The average Bonchev–Trinajstić information content (AvgIpc) is 3.21. The van der Waals surface area contributed by atoms with Crippen LogP contribution in [0.2, 0.25) is 0 Å². The van der Waals surface area contributed by atoms with E-state index in [0.29, 0.717) is 5.69 Å². The summed E-state index contributed by atoms with van der Waals surface area (Å²) in [6.07, 6.45) is 2.59. The number of rotatable bonds is 6. The summed E-state index contributed by atoms with van der Waals surface area (Å²) < 4.78 is 1.25. The number of carbonyl (C=O) groups is 2. The highest BCUT2D eigenvalue weighted by atomic mass is 16.6. The summed E-state index contributed by atoms with van der Waals surface area (Å²) in [5, 5.41) is 20.3. The molecule has 0 aliphatic heterocycles. The Bertz CT molecular complexity index is 1020. The van der Waals surface area contributed by atoms with Gasteiger partial charge < -0.3 is 16.4 Å². The smallest absolute Gasteiger partial charge is 0.316 e. The number of amides is 3. The van der Waals surface area contributed by atoms with Gasteiger partial charge in [0, 0.05) is 23.9 Å². The Kier molecular flexibility index (Phi) is 5.25. The van der Waals surface area contributed by atoms with Crippen LogP contribution in [0, 0.1) is 10.1 Å². The average molecular weight is 381 g/mol. The summed E-state index contributed by atoms with van der Waals surface area (Å²) in [7, 11) is 0. The van der Waals surface area contributed by atoms with Crippen molar-refractivity contribution < 1.29 is 14.5 Å². The van der Waals surface area contributed by atoms with Gasteiger partial charge in [-0.15, -0.1) is 0 Å². The molecule has 142 valence electrons. The summed E-state index contributed by atoms with van der Waals surface area (Å²) in [6, 6.07) is 10.1. The van der Waals surface area contributed by atoms with E-state index in [1.165, 1.54) is 35.5 Å². The number of nitrogens with zero attached hydrogens (tertiary/aromatic N) is 4. The van der Waals surface area contributed by atoms with Crippen molar-refractivity contribution in [2.24, 2.45) is 5.73 Å². The minimum absolute atomic E-state index is 0.141. The number of aromatic nitrogens is 3. The van der Waals surface area contributed by atoms with E-state index in [0.717, 1.165) is 5.56 Å². The minimum Gasteiger partial charge on any atom is -0.351 e. The Balaban J connectivity index is 1.71. The topological polar surface area (TPSA) is 158 Å². The van der Waals surface area contributed by atoms with Crippen molar-refractivity contribution in [2.75, 3.05) is 5.32 Å². The van der Waals surface area contributed by atoms with Gasteiger partial charge in [-0.2, -0.15) is 5.10 Å². The Morgan fingerprint density at radius 3 is 2.54 bits per heavy atom. The molecular weight excluding hydrogens is 366 g/mol. The van der Waals surface area contributed by atoms with Gasteiger partial charge in [0.1, 0.15) is 18.3 Å². The van der Waals surface area contributed by atoms with Crippen LogP contribution >= 0.6 is 0 Å². The zero-order valence-electron chi connectivity index (χ0n) is 14.4. The molecule has 0 aliphatic rings. The largest absolute Gasteiger partial charge is 0.351 e. The van der Waals surface area contributed by atoms with Crippen LogP contribution in [0.25, 0.3) is 5.69 Å². The molecule has 1 heterocycles. The van der Waals surface area contributed by atoms with Crippen LogP contribution in [0.3, 0.4) is 0 Å². The number of hydrogen-bond acceptors (Lipinski definition) is 6. The van der Waals surface area contributed by atoms with Gasteiger partial charge in [0.05, 0.1) is 4.92 Å². The van der Waals surface area contributed by atoms with Crippen molar-refractivity contribution in [1.29, 1.82) is 0 Å². The van der Waals surface area contributed by atoms with E-state index in [1.54, 1.807) is 24.3 Å². The van der Waals surface area contributed by atoms with Crippen LogP contribution in [-0.2, 0) is 6.54 Å². The number of nitrogens with one attached hydrogen (secondary N) is 2. The molecule has 3 rings (SSSR count). The van der Waals surface area contributed by atoms with Crippen LogP contribution in [0.5, 0.6) is 0 Å². The van der Waals surface area contributed by atoms with Crippen molar-refractivity contribution >= 4 is 23.3 Å². The highest BCUT2D eigenvalue weighted by Gasteiger charge is 2.19. The molecule has 11 nitrogen and oxygen atoms in total. The number of nitro groups is 1. The number of nitro benzene ring substituents is 1. The van der Waals surface area contributed by atoms with Gasteiger partial charge in [0.25, 0.3) is 11.6 Å². The molecule has 3 amide bonds. The molecule has 0 fully saturated rings. The summed E-state index contributed by atoms with van der Waals surface area (Å²) in [4.78, 5) is 37.7. The fourth-order valence-corrected chi connectivity index (χ4v) is 2.47. The van der Waals surface area contributed by atoms with Crippen molar-refractivity contribution in [3.63, 3.8) is 0 Å². The van der Waals surface area contributed by atoms with Gasteiger partial charge in [-0.1, -0.05) is 12.1 Å². The Labute approximate surface area is 158 Å². The lowest BCUT2D eigenvalue weighted by Crippen LogP contribution is -2.23. The third-order valence-electron chi connectivity index (χ3n) is 3.77. The third kappa shape index (κ3) is 4.27. The molecule has 4 N–H and O–H groups in total. The van der Waals surface area contributed by atoms with Crippen LogP contribution < -0.4 is 16.4 Å². The molecule has 0 saturated heterocycles. The van der Waals surface area contributed by atoms with Crippen LogP contribution in [0.1, 0.15) is 15.9 Å². The molecule has 1 aromatic heterocycles. The second-order valence-electron chi connectivity index (χ2n) is 5.67. The number of benzene rings is 2. The predicted octanol–water partition coefficient (Wildman–Crippen LogP) is 1.60. The summed E-state index contributed by atoms with van der Waals surface area (Å²) in [6.45, 7) is 0.203. The van der Waals surface area contributed by atoms with Crippen LogP contribution in [0.15, 0.2) is 55.1 Å². The van der Waals surface area contributed by atoms with Crippen molar-refractivity contribution in [2.45, 2.75) is 6.54 Å². The molecular formula is C17H15N7O4. The van der Waals surface area contributed by atoms with E-state index in [1.807, 2.05) is 0 Å². The van der Waals surface area contributed by atoms with E-state index in [2.05, 4.69) is 20.7 Å². The molecule has 0 spiro atoms. The first-order valence-corrected chi connectivity index (χ1v) is 8.01. The lowest BCUT2D eigenvalue weighted by Gasteiger charge is -2.08. The van der Waals surface area contributed by atoms with E-state index in [4.69, 9.17) is 5.73 Å². The highest BCUT2D eigenvalue weighted by molar-refractivity contribution is 5.95. The number of urea groups is 1. The Morgan fingerprint density at radius 2 is 1.93 bits per heavy atom. The summed E-state index contributed by atoms with van der Waals surface area (Å²) in [5.74, 6) is -0.465. The van der Waals surface area contributed by atoms with Crippen LogP contribution in [-0.4, -0.2) is 31.6 Å². The van der Waals surface area contributed by atoms with E-state index >= 15 is 0 Å². The van der Waals surface area contributed by atoms with Crippen molar-refractivity contribution in [1.82, 2.24) is 20.1 Å². The molecule has 11 heteroatoms. The van der Waals surface area contributed by atoms with E-state index in [-0.39, 0.29) is 23.5 Å². The number of anilines is 1. The zero-order valence-corrected chi connectivity index (χ0v) is 14.4. The van der Waals surface area contributed by atoms with Gasteiger partial charge >= 0.3 is 6.03 Å². The molecule has 3 aromatic rings. The molecule has 28 heavy (non-hydrogen) atoms. The number of nitrogens with two attached hydrogens (primary N) is 1. The molecule has 2 aromatic carbocycles. The highest BCUT2D eigenvalue weighted by Crippen LogP contribution is 2.23. The Hall–Kier alpha value is -4.28. The SMILES string of the molecule is NC(=O)Nc1ccc(CNC(=O)c2ccc(-n3cncn3)c([N+](=O)[O-])c2)cc1. The first-order valence-electron chi connectivity index (χ1n) is 8.01. The van der Waals surface area contributed by atoms with Crippen LogP contribution in [0.4, 0.5) is 16.2 Å². The van der Waals surface area contributed by atoms with Crippen molar-refractivity contribution in [3.8, 4) is 5.69 Å². The normalized spacial score (nSPS) is 10.3. The molecule has 0 saturated carbocycles. The molecule has 0 aliphatic carbocycles. The number of primary amides is 1. The maximum atomic E-state index is 12.4. The Morgan fingerprint density at radius 1 is 1.18 bits per heavy atom. The lowest BCUT2D eigenvalue weighted by atomic mass is 10.1. The molecule has 0 radical (unpaired) electrons. The quantitative estimate of drug-likeness (QED) is 0.434. The second kappa shape index (κ2) is 7.95. The monoisotopic (exact) mass is 381 g/mol. The standard InChI is InChI=1S/C17H15N7O4/c18-17(26)22-13-4-1-11(2-5-13)8-20-16(25)12-3-6-14(15(7-12)24(27)28)23-10-19-9-21-23/h1-7,9-10H,8H2,(H,20,25)(H3,18,22,26). The molecule has 0 atom stereocenters. The number of hydrogen-bond donors (Lipinski definition) is 3. The van der Waals surface area contributed by atoms with Gasteiger partial charge in [-0.3, -0.25) is 14.9 Å². The maximum absolute atomic E-state index is 12.4. The van der Waals surface area contributed by atoms with E-state index < -0.39 is 16.9 Å². The lowest BCUT2D eigenvalue weighted by molar-refractivity contribution is -0.384. The molecule has 0 bridgehead atoms. The fourth-order valence-electron chi connectivity index (χ4n) is 2.47. The van der Waals surface area contributed by atoms with Gasteiger partial charge in [0.2, 0.25) is 0 Å². The summed E-state index contributed by atoms with van der Waals surface area (Å²) >= 11 is 0. The zero-order chi connectivity index (χ0) is 20.1. The van der Waals surface area contributed by atoms with Gasteiger partial charge in [-0.25, -0.2) is 14.5 Å². The second-order valence-corrected chi connectivity index (χ2v) is 5.67. The number of carbonyl (C=O) groups excluding carboxylic acids is 2. The predicted molar refractivity (Wildman–Crippen MR) is 98.8 cm³/mol. The minimum atomic E-state index is -0.669. The third-order valence-corrected chi connectivity index (χ3v) is 3.77.